The number of primary amides is 1. The minimum Gasteiger partial charge on any atom is -0.494 e. The number of nitrogens with one attached hydrogen (secondary N) is 1. The summed E-state index contributed by atoms with van der Waals surface area (Å²) in [5, 5.41) is 30.4. The van der Waals surface area contributed by atoms with Crippen LogP contribution in [0.3, 0.4) is 0 Å². The van der Waals surface area contributed by atoms with Crippen molar-refractivity contribution in [1.82, 2.24) is 20.1 Å². The molecule has 50 heavy (non-hydrogen) atoms. The number of amides is 2. The maximum Gasteiger partial charge on any atom is 0.252 e. The van der Waals surface area contributed by atoms with Crippen molar-refractivity contribution >= 4 is 22.7 Å². The van der Waals surface area contributed by atoms with Crippen LogP contribution in [0.4, 0.5) is 8.78 Å². The van der Waals surface area contributed by atoms with Crippen LogP contribution in [-0.4, -0.2) is 57.1 Å². The Hall–Kier alpha value is -5.40. The number of hydrogen-bond donors (Lipinski definition) is 4. The molecule has 6 rings (SSSR count). The lowest BCUT2D eigenvalue weighted by Gasteiger charge is -2.30. The fraction of sp³-hybridized carbons (Fsp3) is 0.297. The van der Waals surface area contributed by atoms with Crippen LogP contribution < -0.4 is 20.5 Å². The smallest absolute Gasteiger partial charge is 0.252 e. The van der Waals surface area contributed by atoms with E-state index in [9.17, 15) is 28.6 Å². The van der Waals surface area contributed by atoms with Gasteiger partial charge in [0.15, 0.2) is 5.75 Å². The predicted octanol–water partition coefficient (Wildman–Crippen LogP) is 5.05. The lowest BCUT2D eigenvalue weighted by atomic mass is 9.87. The Morgan fingerprint density at radius 2 is 1.78 bits per heavy atom. The molecular formula is C37H37F2N5O6. The van der Waals surface area contributed by atoms with E-state index in [1.807, 2.05) is 0 Å². The van der Waals surface area contributed by atoms with Crippen LogP contribution in [0, 0.1) is 5.82 Å². The van der Waals surface area contributed by atoms with Crippen LogP contribution in [0.2, 0.25) is 0 Å². The highest BCUT2D eigenvalue weighted by molar-refractivity contribution is 6.00. The highest BCUT2D eigenvalue weighted by Gasteiger charge is 2.46. The number of carbonyl (C=O) groups excluding carboxylic acids is 2. The fourth-order valence-corrected chi connectivity index (χ4v) is 5.77. The lowest BCUT2D eigenvalue weighted by molar-refractivity contribution is 0.0663. The zero-order valence-corrected chi connectivity index (χ0v) is 28.0. The summed E-state index contributed by atoms with van der Waals surface area (Å²) in [6, 6.07) is 16.1. The second-order valence-corrected chi connectivity index (χ2v) is 12.8. The first kappa shape index (κ1) is 34.5. The third-order valence-electron chi connectivity index (χ3n) is 8.75. The topological polar surface area (TPSA) is 162 Å². The molecule has 13 heteroatoms. The minimum atomic E-state index is -2.21. The third kappa shape index (κ3) is 6.49. The summed E-state index contributed by atoms with van der Waals surface area (Å²) in [6.45, 7) is 4.62. The van der Waals surface area contributed by atoms with Crippen LogP contribution in [0.5, 0.6) is 11.5 Å². The maximum atomic E-state index is 14.8. The maximum absolute atomic E-state index is 14.8. The molecule has 1 fully saturated rings. The molecule has 2 heterocycles. The van der Waals surface area contributed by atoms with Gasteiger partial charge in [0, 0.05) is 35.6 Å². The fourth-order valence-electron chi connectivity index (χ4n) is 5.77. The van der Waals surface area contributed by atoms with Crippen molar-refractivity contribution in [1.29, 1.82) is 0 Å². The van der Waals surface area contributed by atoms with Crippen molar-refractivity contribution < 1.29 is 38.1 Å². The number of nitrogens with zero attached hydrogens (tertiary/aromatic N) is 3. The van der Waals surface area contributed by atoms with E-state index < -0.39 is 41.2 Å². The van der Waals surface area contributed by atoms with E-state index in [2.05, 4.69) is 10.4 Å². The number of halogens is 2. The molecule has 0 bridgehead atoms. The van der Waals surface area contributed by atoms with Crippen molar-refractivity contribution in [2.75, 3.05) is 20.3 Å². The van der Waals surface area contributed by atoms with Gasteiger partial charge in [-0.3, -0.25) is 9.59 Å². The zero-order chi connectivity index (χ0) is 36.0. The van der Waals surface area contributed by atoms with E-state index in [-0.39, 0.29) is 46.2 Å². The van der Waals surface area contributed by atoms with Gasteiger partial charge in [-0.2, -0.15) is 5.10 Å². The number of fused-ring (bicyclic) bond motifs is 1. The average molecular weight is 686 g/mol. The summed E-state index contributed by atoms with van der Waals surface area (Å²) >= 11 is 0. The van der Waals surface area contributed by atoms with Crippen LogP contribution >= 0.6 is 0 Å². The number of ether oxygens (including phenoxy) is 2. The summed E-state index contributed by atoms with van der Waals surface area (Å²) in [7, 11) is 1.41. The molecule has 11 nitrogen and oxygen atoms in total. The van der Waals surface area contributed by atoms with Gasteiger partial charge < -0.3 is 30.7 Å². The molecule has 2 aromatic heterocycles. The molecule has 0 radical (unpaired) electrons. The Morgan fingerprint density at radius 1 is 1.06 bits per heavy atom. The molecule has 1 atom stereocenters. The quantitative estimate of drug-likeness (QED) is 0.142. The largest absolute Gasteiger partial charge is 0.494 e. The van der Waals surface area contributed by atoms with E-state index in [0.717, 1.165) is 6.07 Å². The Balaban J connectivity index is 1.44. The first-order valence-electron chi connectivity index (χ1n) is 16.0. The molecule has 0 aliphatic heterocycles. The SMILES string of the molecule is CCOc1c(C(N)=O)cc([C@](O)(CNC(=O)c2cc(OC)c3nn(C4(F)CC4)cc3c2)c2cccc(F)c2)nc1-c1ccc(C(C)(C)O)cc1. The number of carbonyl (C=O) groups is 2. The average Bonchev–Trinajstić information content (AvgIpc) is 3.68. The summed E-state index contributed by atoms with van der Waals surface area (Å²) in [6.07, 6.45) is 2.18. The molecule has 260 valence electrons. The van der Waals surface area contributed by atoms with E-state index in [4.69, 9.17) is 20.2 Å². The van der Waals surface area contributed by atoms with Crippen molar-refractivity contribution in [3.63, 3.8) is 0 Å². The van der Waals surface area contributed by atoms with Crippen molar-refractivity contribution in [2.24, 2.45) is 5.73 Å². The van der Waals surface area contributed by atoms with E-state index >= 15 is 0 Å². The van der Waals surface area contributed by atoms with Gasteiger partial charge >= 0.3 is 0 Å². The number of rotatable bonds is 12. The van der Waals surface area contributed by atoms with Gasteiger partial charge in [-0.1, -0.05) is 36.4 Å². The second-order valence-electron chi connectivity index (χ2n) is 12.8. The monoisotopic (exact) mass is 685 g/mol. The molecule has 5 N–H and O–H groups in total. The molecule has 3 aromatic carbocycles. The van der Waals surface area contributed by atoms with Gasteiger partial charge in [0.25, 0.3) is 11.8 Å². The van der Waals surface area contributed by atoms with Gasteiger partial charge in [-0.05, 0) is 62.2 Å². The summed E-state index contributed by atoms with van der Waals surface area (Å²) in [5.41, 5.74) is 4.01. The molecule has 1 saturated carbocycles. The van der Waals surface area contributed by atoms with Gasteiger partial charge in [-0.15, -0.1) is 0 Å². The standard InChI is InChI=1S/C37H37F2N5O6/c1-5-50-32-27(33(40)45)18-29(42-31(32)21-9-11-24(12-10-21)35(2,3)47)37(48,25-7-6-8-26(38)17-25)20-41-34(46)22-15-23-19-44(36(39)13-14-36)43-30(23)28(16-22)49-4/h6-12,15-19,47-48H,5,13-14,20H2,1-4H3,(H2,40,45)(H,41,46)/t37-/m0/s1. The molecular weight excluding hydrogens is 648 g/mol. The third-order valence-corrected chi connectivity index (χ3v) is 8.75. The summed E-state index contributed by atoms with van der Waals surface area (Å²) < 4.78 is 42.0. The van der Waals surface area contributed by atoms with E-state index in [0.29, 0.717) is 34.9 Å². The number of benzene rings is 3. The molecule has 5 aromatic rings. The van der Waals surface area contributed by atoms with Crippen molar-refractivity contribution in [3.8, 4) is 22.8 Å². The van der Waals surface area contributed by atoms with Gasteiger partial charge in [0.2, 0.25) is 5.79 Å². The number of aromatic nitrogens is 3. The zero-order valence-electron chi connectivity index (χ0n) is 28.0. The van der Waals surface area contributed by atoms with E-state index in [1.165, 1.54) is 54.4 Å². The summed E-state index contributed by atoms with van der Waals surface area (Å²) in [5.74, 6) is -3.44. The predicted molar refractivity (Wildman–Crippen MR) is 181 cm³/mol. The molecule has 2 amide bonds. The first-order chi connectivity index (χ1) is 23.7. The minimum absolute atomic E-state index is 0.0280. The lowest BCUT2D eigenvalue weighted by Crippen LogP contribution is -2.42. The molecule has 0 spiro atoms. The highest BCUT2D eigenvalue weighted by atomic mass is 19.1. The number of alkyl halides is 1. The number of nitrogens with two attached hydrogens (primary N) is 1. The van der Waals surface area contributed by atoms with Gasteiger partial charge in [0.1, 0.15) is 28.4 Å². The molecule has 0 saturated heterocycles. The Labute approximate surface area is 286 Å². The van der Waals surface area contributed by atoms with Crippen molar-refractivity contribution in [3.05, 3.63) is 107 Å². The van der Waals surface area contributed by atoms with Gasteiger partial charge in [0.05, 0.1) is 37.1 Å². The Kier molecular flexibility index (Phi) is 8.83. The molecule has 1 aliphatic carbocycles. The first-order valence-corrected chi connectivity index (χ1v) is 16.0. The Bertz CT molecular complexity index is 2110. The molecule has 1 aliphatic rings. The number of methoxy groups -OCH3 is 1. The number of pyridine rings is 1. The normalized spacial score (nSPS) is 15.0. The van der Waals surface area contributed by atoms with E-state index in [1.54, 1.807) is 45.0 Å². The van der Waals surface area contributed by atoms with Crippen LogP contribution in [0.1, 0.15) is 71.1 Å². The number of aliphatic hydroxyl groups is 2. The molecule has 0 unspecified atom stereocenters. The van der Waals surface area contributed by atoms with Gasteiger partial charge in [-0.25, -0.2) is 18.4 Å². The van der Waals surface area contributed by atoms with Crippen LogP contribution in [0.15, 0.2) is 72.9 Å². The van der Waals surface area contributed by atoms with Crippen molar-refractivity contribution in [2.45, 2.75) is 50.6 Å². The number of hydrogen-bond acceptors (Lipinski definition) is 8. The van der Waals surface area contributed by atoms with Crippen LogP contribution in [-0.2, 0) is 17.0 Å². The highest BCUT2D eigenvalue weighted by Crippen LogP contribution is 2.45. The Morgan fingerprint density at radius 3 is 2.38 bits per heavy atom. The summed E-state index contributed by atoms with van der Waals surface area (Å²) in [4.78, 5) is 31.3. The van der Waals surface area contributed by atoms with Crippen LogP contribution in [0.25, 0.3) is 22.2 Å². The second kappa shape index (κ2) is 12.8.